The summed E-state index contributed by atoms with van der Waals surface area (Å²) in [6, 6.07) is 22.4. The van der Waals surface area contributed by atoms with E-state index in [0.29, 0.717) is 41.1 Å². The highest BCUT2D eigenvalue weighted by Crippen LogP contribution is 2.17. The monoisotopic (exact) mass is 500 g/mol. The average Bonchev–Trinajstić information content (AvgIpc) is 2.84. The van der Waals surface area contributed by atoms with Crippen molar-refractivity contribution in [3.63, 3.8) is 0 Å². The van der Waals surface area contributed by atoms with Crippen molar-refractivity contribution in [2.75, 3.05) is 0 Å². The third-order valence-corrected chi connectivity index (χ3v) is 5.58. The molecule has 0 bridgehead atoms. The lowest BCUT2D eigenvalue weighted by Gasteiger charge is -2.09. The van der Waals surface area contributed by atoms with Crippen molar-refractivity contribution in [2.24, 2.45) is 5.10 Å². The van der Waals surface area contributed by atoms with Gasteiger partial charge in [-0.3, -0.25) is 4.79 Å². The molecule has 0 unspecified atom stereocenters. The number of benzene rings is 3. The van der Waals surface area contributed by atoms with Crippen LogP contribution in [0.15, 0.2) is 81.1 Å². The van der Waals surface area contributed by atoms with Crippen molar-refractivity contribution in [3.05, 3.63) is 104 Å². The van der Waals surface area contributed by atoms with Crippen molar-refractivity contribution >= 4 is 33.0 Å². The molecule has 0 fully saturated rings. The number of nitrogens with zero attached hydrogens (tertiary/aromatic N) is 4. The molecule has 0 aliphatic carbocycles. The van der Waals surface area contributed by atoms with Crippen molar-refractivity contribution in [3.8, 4) is 11.8 Å². The Kier molecular flexibility index (Phi) is 6.96. The van der Waals surface area contributed by atoms with E-state index in [9.17, 15) is 10.1 Å². The first kappa shape index (κ1) is 22.4. The van der Waals surface area contributed by atoms with Crippen LogP contribution in [0.3, 0.4) is 0 Å². The lowest BCUT2D eigenvalue weighted by molar-refractivity contribution is 0.306. The summed E-state index contributed by atoms with van der Waals surface area (Å²) in [5, 5.41) is 14.2. The predicted octanol–water partition coefficient (Wildman–Crippen LogP) is 5.44. The highest BCUT2D eigenvalue weighted by Gasteiger charge is 2.10. The zero-order valence-corrected chi connectivity index (χ0v) is 19.6. The third kappa shape index (κ3) is 5.18. The van der Waals surface area contributed by atoms with E-state index < -0.39 is 0 Å². The quantitative estimate of drug-likeness (QED) is 0.316. The number of hydrogen-bond acceptors (Lipinski definition) is 5. The van der Waals surface area contributed by atoms with Crippen LogP contribution < -0.4 is 10.3 Å². The fourth-order valence-corrected chi connectivity index (χ4v) is 3.75. The van der Waals surface area contributed by atoms with Gasteiger partial charge in [0.1, 0.15) is 18.2 Å². The van der Waals surface area contributed by atoms with Gasteiger partial charge in [-0.2, -0.15) is 15.0 Å². The number of ether oxygens (including phenoxy) is 1. The molecule has 4 aromatic rings. The molecule has 0 aliphatic rings. The van der Waals surface area contributed by atoms with Crippen LogP contribution in [-0.4, -0.2) is 15.9 Å². The van der Waals surface area contributed by atoms with Gasteiger partial charge in [-0.1, -0.05) is 41.1 Å². The summed E-state index contributed by atoms with van der Waals surface area (Å²) in [6.07, 6.45) is 3.14. The Morgan fingerprint density at radius 1 is 1.15 bits per heavy atom. The minimum Gasteiger partial charge on any atom is -0.489 e. The topological polar surface area (TPSA) is 80.3 Å². The highest BCUT2D eigenvalue weighted by molar-refractivity contribution is 9.10. The summed E-state index contributed by atoms with van der Waals surface area (Å²) in [6.45, 7) is 2.35. The Balaban J connectivity index is 1.55. The van der Waals surface area contributed by atoms with Gasteiger partial charge in [0.2, 0.25) is 0 Å². The van der Waals surface area contributed by atoms with Crippen LogP contribution in [0.4, 0.5) is 0 Å². The maximum absolute atomic E-state index is 13.1. The smallest absolute Gasteiger partial charge is 0.282 e. The molecular weight excluding hydrogens is 480 g/mol. The molecule has 0 aliphatic heterocycles. The molecule has 4 rings (SSSR count). The van der Waals surface area contributed by atoms with Gasteiger partial charge in [-0.05, 0) is 60.5 Å². The molecule has 0 spiro atoms. The van der Waals surface area contributed by atoms with Crippen molar-refractivity contribution in [1.82, 2.24) is 9.66 Å². The van der Waals surface area contributed by atoms with Crippen LogP contribution in [0.2, 0.25) is 0 Å². The summed E-state index contributed by atoms with van der Waals surface area (Å²) in [7, 11) is 0. The number of halogens is 1. The van der Waals surface area contributed by atoms with Gasteiger partial charge in [-0.15, -0.1) is 0 Å². The maximum atomic E-state index is 13.1. The van der Waals surface area contributed by atoms with E-state index in [-0.39, 0.29) is 5.56 Å². The summed E-state index contributed by atoms with van der Waals surface area (Å²) < 4.78 is 8.01. The summed E-state index contributed by atoms with van der Waals surface area (Å²) in [4.78, 5) is 17.7. The molecule has 0 radical (unpaired) electrons. The van der Waals surface area contributed by atoms with Gasteiger partial charge >= 0.3 is 0 Å². The third-order valence-electron chi connectivity index (χ3n) is 5.08. The molecule has 0 saturated carbocycles. The molecule has 1 aromatic heterocycles. The predicted molar refractivity (Wildman–Crippen MR) is 133 cm³/mol. The van der Waals surface area contributed by atoms with E-state index >= 15 is 0 Å². The molecule has 3 aromatic carbocycles. The second-order valence-electron chi connectivity index (χ2n) is 7.43. The van der Waals surface area contributed by atoms with E-state index in [0.717, 1.165) is 22.0 Å². The van der Waals surface area contributed by atoms with Gasteiger partial charge in [-0.25, -0.2) is 4.98 Å². The molecule has 6 nitrogen and oxygen atoms in total. The van der Waals surface area contributed by atoms with E-state index in [1.54, 1.807) is 18.3 Å². The maximum Gasteiger partial charge on any atom is 0.282 e. The van der Waals surface area contributed by atoms with Crippen LogP contribution in [0.5, 0.6) is 5.75 Å². The largest absolute Gasteiger partial charge is 0.489 e. The fourth-order valence-electron chi connectivity index (χ4n) is 3.39. The number of aromatic nitrogens is 2. The SMILES string of the molecule is CCCc1nc2ccc(Br)cc2c(=O)n1N=Cc1ccc(OCc2ccccc2C#N)cc1. The lowest BCUT2D eigenvalue weighted by atomic mass is 10.1. The molecule has 164 valence electrons. The number of rotatable bonds is 7. The Labute approximate surface area is 199 Å². The molecule has 1 heterocycles. The van der Waals surface area contributed by atoms with Crippen molar-refractivity contribution in [1.29, 1.82) is 5.26 Å². The minimum absolute atomic E-state index is 0.197. The standard InChI is InChI=1S/C26H21BrN4O2/c1-2-5-25-30-24-13-10-21(27)14-23(24)26(32)31(25)29-16-18-8-11-22(12-9-18)33-17-20-7-4-3-6-19(20)15-28/h3-4,6-14,16H,2,5,17H2,1H3. The Bertz CT molecular complexity index is 1420. The van der Waals surface area contributed by atoms with E-state index in [1.165, 1.54) is 4.68 Å². The van der Waals surface area contributed by atoms with Gasteiger partial charge in [0, 0.05) is 16.5 Å². The Hall–Kier alpha value is -3.76. The minimum atomic E-state index is -0.197. The summed E-state index contributed by atoms with van der Waals surface area (Å²) in [5.74, 6) is 1.31. The normalized spacial score (nSPS) is 11.1. The lowest BCUT2D eigenvalue weighted by Crippen LogP contribution is -2.22. The number of hydrogen-bond donors (Lipinski definition) is 0. The van der Waals surface area contributed by atoms with E-state index in [2.05, 4.69) is 32.1 Å². The summed E-state index contributed by atoms with van der Waals surface area (Å²) in [5.41, 5.74) is 2.73. The first-order chi connectivity index (χ1) is 16.1. The van der Waals surface area contributed by atoms with Crippen molar-refractivity contribution < 1.29 is 4.74 Å². The number of nitriles is 1. The highest BCUT2D eigenvalue weighted by atomic mass is 79.9. The van der Waals surface area contributed by atoms with E-state index in [1.807, 2.05) is 61.5 Å². The van der Waals surface area contributed by atoms with Crippen LogP contribution >= 0.6 is 15.9 Å². The van der Waals surface area contributed by atoms with Crippen molar-refractivity contribution in [2.45, 2.75) is 26.4 Å². The number of aryl methyl sites for hydroxylation is 1. The molecular formula is C26H21BrN4O2. The van der Waals surface area contributed by atoms with E-state index in [4.69, 9.17) is 4.74 Å². The fraction of sp³-hybridized carbons (Fsp3) is 0.154. The molecule has 0 N–H and O–H groups in total. The zero-order chi connectivity index (χ0) is 23.2. The molecule has 7 heteroatoms. The molecule has 0 saturated heterocycles. The first-order valence-electron chi connectivity index (χ1n) is 10.6. The molecule has 0 amide bonds. The summed E-state index contributed by atoms with van der Waals surface area (Å²) >= 11 is 3.42. The second-order valence-corrected chi connectivity index (χ2v) is 8.34. The van der Waals surface area contributed by atoms with Crippen LogP contribution in [0, 0.1) is 11.3 Å². The second kappa shape index (κ2) is 10.2. The average molecular weight is 501 g/mol. The zero-order valence-electron chi connectivity index (χ0n) is 18.0. The van der Waals surface area contributed by atoms with Gasteiger partial charge in [0.15, 0.2) is 0 Å². The van der Waals surface area contributed by atoms with Gasteiger partial charge in [0.05, 0.1) is 28.8 Å². The van der Waals surface area contributed by atoms with Gasteiger partial charge in [0.25, 0.3) is 5.56 Å². The van der Waals surface area contributed by atoms with Crippen LogP contribution in [0.25, 0.3) is 10.9 Å². The van der Waals surface area contributed by atoms with Crippen LogP contribution in [-0.2, 0) is 13.0 Å². The Morgan fingerprint density at radius 3 is 2.70 bits per heavy atom. The van der Waals surface area contributed by atoms with Crippen LogP contribution in [0.1, 0.15) is 35.9 Å². The van der Waals surface area contributed by atoms with Gasteiger partial charge < -0.3 is 4.74 Å². The molecule has 0 atom stereocenters. The molecule has 33 heavy (non-hydrogen) atoms. The Morgan fingerprint density at radius 2 is 1.94 bits per heavy atom. The first-order valence-corrected chi connectivity index (χ1v) is 11.3. The number of fused-ring (bicyclic) bond motifs is 1.